The van der Waals surface area contributed by atoms with Crippen LogP contribution in [0.15, 0.2) is 24.5 Å². The summed E-state index contributed by atoms with van der Waals surface area (Å²) < 4.78 is 40.3. The summed E-state index contributed by atoms with van der Waals surface area (Å²) in [7, 11) is 0. The Kier molecular flexibility index (Phi) is 3.09. The smallest absolute Gasteiger partial charge is 0.323 e. The Morgan fingerprint density at radius 2 is 2.10 bits per heavy atom. The molecule has 1 aliphatic heterocycles. The minimum Gasteiger partial charge on any atom is -0.323 e. The van der Waals surface area contributed by atoms with E-state index in [0.29, 0.717) is 12.0 Å². The zero-order valence-corrected chi connectivity index (χ0v) is 11.8. The molecule has 2 atom stereocenters. The van der Waals surface area contributed by atoms with Gasteiger partial charge >= 0.3 is 6.18 Å². The molecule has 2 aromatic rings. The van der Waals surface area contributed by atoms with Gasteiger partial charge < -0.3 is 10.3 Å². The average Bonchev–Trinajstić information content (AvgIpc) is 2.82. The maximum absolute atomic E-state index is 12.8. The van der Waals surface area contributed by atoms with E-state index in [4.69, 9.17) is 5.73 Å². The second-order valence-corrected chi connectivity index (χ2v) is 5.62. The predicted octanol–water partition coefficient (Wildman–Crippen LogP) is 3.57. The summed E-state index contributed by atoms with van der Waals surface area (Å²) in [4.78, 5) is 4.33. The van der Waals surface area contributed by atoms with Gasteiger partial charge in [0.15, 0.2) is 0 Å². The molecule has 112 valence electrons. The van der Waals surface area contributed by atoms with Crippen molar-refractivity contribution >= 4 is 0 Å². The highest BCUT2D eigenvalue weighted by atomic mass is 19.4. The molecule has 3 rings (SSSR count). The van der Waals surface area contributed by atoms with Gasteiger partial charge in [-0.2, -0.15) is 13.2 Å². The first-order chi connectivity index (χ1) is 9.79. The number of benzene rings is 1. The first-order valence-electron chi connectivity index (χ1n) is 6.82. The molecule has 1 aromatic carbocycles. The van der Waals surface area contributed by atoms with Crippen molar-refractivity contribution in [3.05, 3.63) is 47.0 Å². The van der Waals surface area contributed by atoms with Crippen LogP contribution in [-0.2, 0) is 12.6 Å². The van der Waals surface area contributed by atoms with Crippen LogP contribution in [0.2, 0.25) is 0 Å². The molecule has 0 fully saturated rings. The Balaban J connectivity index is 2.15. The number of nitrogens with two attached hydrogens (primary N) is 1. The zero-order chi connectivity index (χ0) is 15.4. The third kappa shape index (κ3) is 2.23. The molecule has 1 aliphatic rings. The fraction of sp³-hybridized carbons (Fsp3) is 0.400. The van der Waals surface area contributed by atoms with Gasteiger partial charge in [-0.25, -0.2) is 4.98 Å². The van der Waals surface area contributed by atoms with Crippen molar-refractivity contribution in [3.8, 4) is 5.69 Å². The lowest BCUT2D eigenvalue weighted by Gasteiger charge is -2.26. The van der Waals surface area contributed by atoms with Gasteiger partial charge in [0.2, 0.25) is 0 Å². The van der Waals surface area contributed by atoms with Crippen molar-refractivity contribution < 1.29 is 13.2 Å². The van der Waals surface area contributed by atoms with Gasteiger partial charge in [0.05, 0.1) is 29.0 Å². The summed E-state index contributed by atoms with van der Waals surface area (Å²) in [6.07, 6.45) is -2.11. The molecule has 1 aromatic heterocycles. The first kappa shape index (κ1) is 14.1. The molecule has 0 radical (unpaired) electrons. The molecular formula is C15H16F3N3. The molecule has 2 N–H and O–H groups in total. The maximum Gasteiger partial charge on any atom is 0.416 e. The lowest BCUT2D eigenvalue weighted by Crippen LogP contribution is -2.19. The summed E-state index contributed by atoms with van der Waals surface area (Å²) in [6.45, 7) is 3.85. The van der Waals surface area contributed by atoms with Crippen LogP contribution in [0.3, 0.4) is 0 Å². The number of hydrogen-bond acceptors (Lipinski definition) is 2. The van der Waals surface area contributed by atoms with Crippen molar-refractivity contribution in [2.24, 2.45) is 5.73 Å². The van der Waals surface area contributed by atoms with Gasteiger partial charge in [-0.05, 0) is 37.1 Å². The number of hydrogen-bond donors (Lipinski definition) is 1. The van der Waals surface area contributed by atoms with Crippen LogP contribution in [0, 0.1) is 0 Å². The quantitative estimate of drug-likeness (QED) is 0.874. The number of alkyl halides is 3. The number of imidazole rings is 1. The zero-order valence-electron chi connectivity index (χ0n) is 11.8. The van der Waals surface area contributed by atoms with Crippen LogP contribution in [-0.4, -0.2) is 9.55 Å². The van der Waals surface area contributed by atoms with E-state index < -0.39 is 11.7 Å². The van der Waals surface area contributed by atoms with Gasteiger partial charge in [-0.3, -0.25) is 0 Å². The molecule has 1 unspecified atom stereocenters. The van der Waals surface area contributed by atoms with Gasteiger partial charge in [-0.15, -0.1) is 0 Å². The van der Waals surface area contributed by atoms with Crippen LogP contribution in [0.25, 0.3) is 5.69 Å². The van der Waals surface area contributed by atoms with Gasteiger partial charge in [0.1, 0.15) is 0 Å². The molecule has 0 amide bonds. The Bertz CT molecular complexity index is 686. The van der Waals surface area contributed by atoms with Crippen molar-refractivity contribution in [1.82, 2.24) is 9.55 Å². The fourth-order valence-corrected chi connectivity index (χ4v) is 2.99. The van der Waals surface area contributed by atoms with E-state index >= 15 is 0 Å². The lowest BCUT2D eigenvalue weighted by atomic mass is 9.89. The molecule has 6 heteroatoms. The van der Waals surface area contributed by atoms with E-state index in [1.165, 1.54) is 12.1 Å². The second kappa shape index (κ2) is 4.59. The van der Waals surface area contributed by atoms with Crippen LogP contribution in [0.4, 0.5) is 13.2 Å². The maximum atomic E-state index is 12.8. The summed E-state index contributed by atoms with van der Waals surface area (Å²) >= 11 is 0. The molecule has 0 bridgehead atoms. The van der Waals surface area contributed by atoms with Gasteiger partial charge in [0, 0.05) is 12.0 Å². The Hall–Kier alpha value is -1.82. The SMILES string of the molecule is CC1Cc2cc(C(F)(F)F)ccc2-n2cnc([C@H](C)N)c21. The molecule has 0 aliphatic carbocycles. The highest BCUT2D eigenvalue weighted by molar-refractivity contribution is 5.50. The minimum absolute atomic E-state index is 0.0875. The number of nitrogens with zero attached hydrogens (tertiary/aromatic N) is 2. The van der Waals surface area contributed by atoms with E-state index in [1.807, 2.05) is 18.4 Å². The topological polar surface area (TPSA) is 43.8 Å². The van der Waals surface area contributed by atoms with E-state index in [1.54, 1.807) is 6.33 Å². The normalized spacial score (nSPS) is 19.0. The standard InChI is InChI=1S/C15H16F3N3/c1-8-5-10-6-11(15(16,17)18)3-4-12(10)21-7-20-13(9(2)19)14(8)21/h3-4,6-9H,5,19H2,1-2H3/t8?,9-/m0/s1. The largest absolute Gasteiger partial charge is 0.416 e. The fourth-order valence-electron chi connectivity index (χ4n) is 2.99. The summed E-state index contributed by atoms with van der Waals surface area (Å²) in [5, 5.41) is 0. The van der Waals surface area contributed by atoms with Crippen molar-refractivity contribution in [2.75, 3.05) is 0 Å². The summed E-state index contributed by atoms with van der Waals surface area (Å²) in [5.74, 6) is 0.0875. The number of rotatable bonds is 1. The van der Waals surface area contributed by atoms with Crippen LogP contribution in [0.5, 0.6) is 0 Å². The molecule has 21 heavy (non-hydrogen) atoms. The van der Waals surface area contributed by atoms with Crippen molar-refractivity contribution in [1.29, 1.82) is 0 Å². The van der Waals surface area contributed by atoms with E-state index in [0.717, 1.165) is 23.1 Å². The van der Waals surface area contributed by atoms with Crippen molar-refractivity contribution in [2.45, 2.75) is 38.4 Å². The number of halogens is 3. The lowest BCUT2D eigenvalue weighted by molar-refractivity contribution is -0.137. The Morgan fingerprint density at radius 3 is 2.71 bits per heavy atom. The second-order valence-electron chi connectivity index (χ2n) is 5.62. The van der Waals surface area contributed by atoms with E-state index in [-0.39, 0.29) is 12.0 Å². The predicted molar refractivity (Wildman–Crippen MR) is 73.3 cm³/mol. The highest BCUT2D eigenvalue weighted by Crippen LogP contribution is 2.38. The van der Waals surface area contributed by atoms with Crippen molar-refractivity contribution in [3.63, 3.8) is 0 Å². The van der Waals surface area contributed by atoms with E-state index in [2.05, 4.69) is 4.98 Å². The number of fused-ring (bicyclic) bond motifs is 3. The Labute approximate surface area is 120 Å². The van der Waals surface area contributed by atoms with E-state index in [9.17, 15) is 13.2 Å². The van der Waals surface area contributed by atoms with Gasteiger partial charge in [0.25, 0.3) is 0 Å². The highest BCUT2D eigenvalue weighted by Gasteiger charge is 2.33. The molecule has 0 spiro atoms. The third-order valence-electron chi connectivity index (χ3n) is 3.92. The third-order valence-corrected chi connectivity index (χ3v) is 3.92. The minimum atomic E-state index is -4.32. The Morgan fingerprint density at radius 1 is 1.38 bits per heavy atom. The molecule has 2 heterocycles. The molecule has 0 saturated heterocycles. The van der Waals surface area contributed by atoms with Crippen LogP contribution in [0.1, 0.15) is 48.3 Å². The molecule has 3 nitrogen and oxygen atoms in total. The first-order valence-corrected chi connectivity index (χ1v) is 6.82. The number of aromatic nitrogens is 2. The van der Waals surface area contributed by atoms with Gasteiger partial charge in [-0.1, -0.05) is 6.92 Å². The monoisotopic (exact) mass is 295 g/mol. The summed E-state index contributed by atoms with van der Waals surface area (Å²) in [5.41, 5.74) is 8.58. The molecule has 0 saturated carbocycles. The van der Waals surface area contributed by atoms with Crippen LogP contribution < -0.4 is 5.73 Å². The average molecular weight is 295 g/mol. The van der Waals surface area contributed by atoms with Crippen LogP contribution >= 0.6 is 0 Å². The molecular weight excluding hydrogens is 279 g/mol. The summed E-state index contributed by atoms with van der Waals surface area (Å²) in [6, 6.07) is 3.67.